The van der Waals surface area contributed by atoms with Crippen LogP contribution >= 0.6 is 0 Å². The van der Waals surface area contributed by atoms with Crippen LogP contribution < -0.4 is 0 Å². The van der Waals surface area contributed by atoms with Crippen LogP contribution in [0, 0.1) is 12.8 Å². The third-order valence-electron chi connectivity index (χ3n) is 4.86. The summed E-state index contributed by atoms with van der Waals surface area (Å²) in [6.07, 6.45) is 8.40. The Labute approximate surface area is 114 Å². The average Bonchev–Trinajstić information content (AvgIpc) is 2.96. The summed E-state index contributed by atoms with van der Waals surface area (Å²) in [5, 5.41) is 15.0. The summed E-state index contributed by atoms with van der Waals surface area (Å²) < 4.78 is 7.84. The number of hydrogen-bond donors (Lipinski definition) is 1. The molecule has 2 unspecified atom stereocenters. The molecule has 2 atom stereocenters. The van der Waals surface area contributed by atoms with Gasteiger partial charge in [-0.2, -0.15) is 5.10 Å². The van der Waals surface area contributed by atoms with Gasteiger partial charge in [-0.15, -0.1) is 0 Å². The number of nitrogens with zero attached hydrogens (tertiary/aromatic N) is 2. The fraction of sp³-hybridized carbons (Fsp3) is 0.800. The van der Waals surface area contributed by atoms with Crippen molar-refractivity contribution in [2.75, 3.05) is 6.61 Å². The molecule has 0 aromatic carbocycles. The Kier molecular flexibility index (Phi) is 3.39. The standard InChI is InChI=1S/C15H24N2O2/c1-11-13(10-17(2)16-11)14(18)12-5-8-19-15(9-12)6-3-4-7-15/h10,12,14,18H,3-9H2,1-2H3. The van der Waals surface area contributed by atoms with Crippen LogP contribution in [0.1, 0.15) is 55.9 Å². The van der Waals surface area contributed by atoms with Crippen molar-refractivity contribution in [1.82, 2.24) is 9.78 Å². The van der Waals surface area contributed by atoms with E-state index >= 15 is 0 Å². The van der Waals surface area contributed by atoms with E-state index < -0.39 is 6.10 Å². The predicted molar refractivity (Wildman–Crippen MR) is 72.8 cm³/mol. The molecule has 0 radical (unpaired) electrons. The van der Waals surface area contributed by atoms with Gasteiger partial charge in [-0.1, -0.05) is 12.8 Å². The van der Waals surface area contributed by atoms with Gasteiger partial charge in [0, 0.05) is 25.4 Å². The molecule has 0 bridgehead atoms. The fourth-order valence-corrected chi connectivity index (χ4v) is 3.87. The zero-order valence-corrected chi connectivity index (χ0v) is 11.9. The van der Waals surface area contributed by atoms with Crippen LogP contribution in [-0.4, -0.2) is 27.1 Å². The van der Waals surface area contributed by atoms with Crippen molar-refractivity contribution in [3.63, 3.8) is 0 Å². The van der Waals surface area contributed by atoms with Crippen molar-refractivity contribution in [1.29, 1.82) is 0 Å². The Hall–Kier alpha value is -0.870. The molecule has 1 aromatic heterocycles. The second-order valence-corrected chi connectivity index (χ2v) is 6.28. The molecule has 19 heavy (non-hydrogen) atoms. The van der Waals surface area contributed by atoms with Crippen LogP contribution in [0.15, 0.2) is 6.20 Å². The van der Waals surface area contributed by atoms with Gasteiger partial charge in [0.05, 0.1) is 17.4 Å². The van der Waals surface area contributed by atoms with E-state index in [-0.39, 0.29) is 5.60 Å². The van der Waals surface area contributed by atoms with Gasteiger partial charge in [-0.25, -0.2) is 0 Å². The maximum Gasteiger partial charge on any atom is 0.0853 e. The van der Waals surface area contributed by atoms with E-state index in [9.17, 15) is 5.11 Å². The lowest BCUT2D eigenvalue weighted by atomic mass is 9.80. The van der Waals surface area contributed by atoms with Gasteiger partial charge < -0.3 is 9.84 Å². The van der Waals surface area contributed by atoms with E-state index in [2.05, 4.69) is 5.10 Å². The fourth-order valence-electron chi connectivity index (χ4n) is 3.87. The van der Waals surface area contributed by atoms with Gasteiger partial charge >= 0.3 is 0 Å². The number of rotatable bonds is 2. The van der Waals surface area contributed by atoms with Crippen LogP contribution in [0.4, 0.5) is 0 Å². The molecule has 0 amide bonds. The second-order valence-electron chi connectivity index (χ2n) is 6.28. The normalized spacial score (nSPS) is 27.8. The predicted octanol–water partition coefficient (Wildman–Crippen LogP) is 2.50. The van der Waals surface area contributed by atoms with Crippen molar-refractivity contribution in [3.05, 3.63) is 17.5 Å². The summed E-state index contributed by atoms with van der Waals surface area (Å²) in [6.45, 7) is 2.77. The lowest BCUT2D eigenvalue weighted by Crippen LogP contribution is -2.39. The summed E-state index contributed by atoms with van der Waals surface area (Å²) in [7, 11) is 1.91. The summed E-state index contributed by atoms with van der Waals surface area (Å²) in [5.74, 6) is 0.315. The highest BCUT2D eigenvalue weighted by Crippen LogP contribution is 2.45. The lowest BCUT2D eigenvalue weighted by molar-refractivity contribution is -0.113. The number of aliphatic hydroxyl groups excluding tert-OH is 1. The first kappa shape index (κ1) is 13.1. The Morgan fingerprint density at radius 1 is 1.47 bits per heavy atom. The van der Waals surface area contributed by atoms with Gasteiger partial charge in [-0.3, -0.25) is 4.68 Å². The third-order valence-corrected chi connectivity index (χ3v) is 4.86. The molecular weight excluding hydrogens is 240 g/mol. The Balaban J connectivity index is 1.76. The highest BCUT2D eigenvalue weighted by Gasteiger charge is 2.42. The van der Waals surface area contributed by atoms with Crippen molar-refractivity contribution < 1.29 is 9.84 Å². The van der Waals surface area contributed by atoms with E-state index in [0.717, 1.165) is 30.7 Å². The Morgan fingerprint density at radius 2 is 2.21 bits per heavy atom. The molecule has 1 N–H and O–H groups in total. The number of hydrogen-bond acceptors (Lipinski definition) is 3. The van der Waals surface area contributed by atoms with Crippen molar-refractivity contribution in [3.8, 4) is 0 Å². The van der Waals surface area contributed by atoms with Crippen LogP contribution in [0.5, 0.6) is 0 Å². The van der Waals surface area contributed by atoms with E-state index in [0.29, 0.717) is 5.92 Å². The monoisotopic (exact) mass is 264 g/mol. The van der Waals surface area contributed by atoms with Crippen molar-refractivity contribution >= 4 is 0 Å². The van der Waals surface area contributed by atoms with E-state index in [1.807, 2.05) is 20.2 Å². The molecule has 3 rings (SSSR count). The maximum atomic E-state index is 10.7. The first-order valence-corrected chi connectivity index (χ1v) is 7.42. The summed E-state index contributed by atoms with van der Waals surface area (Å²) in [4.78, 5) is 0. The molecule has 2 heterocycles. The molecule has 1 saturated carbocycles. The van der Waals surface area contributed by atoms with Gasteiger partial charge in [0.15, 0.2) is 0 Å². The van der Waals surface area contributed by atoms with Gasteiger partial charge in [-0.05, 0) is 38.5 Å². The molecule has 1 spiro atoms. The molecule has 4 nitrogen and oxygen atoms in total. The van der Waals surface area contributed by atoms with Gasteiger partial charge in [0.2, 0.25) is 0 Å². The van der Waals surface area contributed by atoms with Crippen molar-refractivity contribution in [2.45, 2.75) is 57.2 Å². The molecule has 4 heteroatoms. The number of aliphatic hydroxyl groups is 1. The van der Waals surface area contributed by atoms with Crippen LogP contribution in [0.2, 0.25) is 0 Å². The summed E-state index contributed by atoms with van der Waals surface area (Å²) in [6, 6.07) is 0. The topological polar surface area (TPSA) is 47.3 Å². The minimum atomic E-state index is -0.393. The highest BCUT2D eigenvalue weighted by molar-refractivity contribution is 5.19. The Bertz CT molecular complexity index is 449. The van der Waals surface area contributed by atoms with Crippen molar-refractivity contribution in [2.24, 2.45) is 13.0 Å². The molecule has 1 aliphatic carbocycles. The maximum absolute atomic E-state index is 10.7. The second kappa shape index (κ2) is 4.91. The van der Waals surface area contributed by atoms with Crippen LogP contribution in [0.3, 0.4) is 0 Å². The SMILES string of the molecule is Cc1nn(C)cc1C(O)C1CCOC2(CCCC2)C1. The summed E-state index contributed by atoms with van der Waals surface area (Å²) in [5.41, 5.74) is 2.00. The van der Waals surface area contributed by atoms with Gasteiger partial charge in [0.1, 0.15) is 0 Å². The molecular formula is C15H24N2O2. The van der Waals surface area contributed by atoms with Crippen LogP contribution in [-0.2, 0) is 11.8 Å². The first-order valence-electron chi connectivity index (χ1n) is 7.42. The number of aromatic nitrogens is 2. The third kappa shape index (κ3) is 2.43. The molecule has 1 saturated heterocycles. The minimum absolute atomic E-state index is 0.0695. The molecule has 2 aliphatic rings. The number of ether oxygens (including phenoxy) is 1. The van der Waals surface area contributed by atoms with E-state index in [1.165, 1.54) is 25.7 Å². The zero-order valence-electron chi connectivity index (χ0n) is 11.9. The summed E-state index contributed by atoms with van der Waals surface area (Å²) >= 11 is 0. The smallest absolute Gasteiger partial charge is 0.0853 e. The number of aryl methyl sites for hydroxylation is 2. The van der Waals surface area contributed by atoms with E-state index in [4.69, 9.17) is 4.74 Å². The van der Waals surface area contributed by atoms with Crippen LogP contribution in [0.25, 0.3) is 0 Å². The quantitative estimate of drug-likeness (QED) is 0.892. The lowest BCUT2D eigenvalue weighted by Gasteiger charge is -2.40. The molecule has 106 valence electrons. The molecule has 1 aromatic rings. The minimum Gasteiger partial charge on any atom is -0.388 e. The molecule has 1 aliphatic heterocycles. The Morgan fingerprint density at radius 3 is 2.84 bits per heavy atom. The highest BCUT2D eigenvalue weighted by atomic mass is 16.5. The largest absolute Gasteiger partial charge is 0.388 e. The van der Waals surface area contributed by atoms with Gasteiger partial charge in [0.25, 0.3) is 0 Å². The first-order chi connectivity index (χ1) is 9.10. The van der Waals surface area contributed by atoms with E-state index in [1.54, 1.807) is 4.68 Å². The average molecular weight is 264 g/mol. The molecule has 2 fully saturated rings. The zero-order chi connectivity index (χ0) is 13.5.